The van der Waals surface area contributed by atoms with E-state index >= 15 is 0 Å². The summed E-state index contributed by atoms with van der Waals surface area (Å²) < 4.78 is 10.0. The molecule has 0 amide bonds. The number of benzene rings is 1. The molecule has 0 aliphatic carbocycles. The van der Waals surface area contributed by atoms with E-state index in [9.17, 15) is 10.1 Å². The van der Waals surface area contributed by atoms with Gasteiger partial charge in [-0.3, -0.25) is 4.79 Å². The van der Waals surface area contributed by atoms with E-state index in [0.29, 0.717) is 24.6 Å². The highest BCUT2D eigenvalue weighted by molar-refractivity contribution is 5.85. The highest BCUT2D eigenvalue weighted by Gasteiger charge is 2.17. The van der Waals surface area contributed by atoms with Crippen LogP contribution in [0.4, 0.5) is 5.82 Å². The summed E-state index contributed by atoms with van der Waals surface area (Å²) in [4.78, 5) is 18.1. The number of morpholine rings is 1. The van der Waals surface area contributed by atoms with Gasteiger partial charge in [-0.25, -0.2) is 4.98 Å². The number of ether oxygens (including phenoxy) is 2. The molecule has 1 saturated heterocycles. The Labute approximate surface area is 134 Å². The number of hydrogen-bond donors (Lipinski definition) is 0. The Morgan fingerprint density at radius 3 is 2.87 bits per heavy atom. The number of fused-ring (bicyclic) bond motifs is 1. The van der Waals surface area contributed by atoms with Crippen LogP contribution in [-0.2, 0) is 20.7 Å². The standard InChI is InChI=1S/C17H17N3O3/c1-22-16(21)9-12-2-3-15-13(8-12)10-14(11-18)17(19-15)20-4-6-23-7-5-20/h2-3,8,10H,4-7,9H2,1H3. The molecule has 0 N–H and O–H groups in total. The summed E-state index contributed by atoms with van der Waals surface area (Å²) in [7, 11) is 1.37. The Morgan fingerprint density at radius 2 is 2.17 bits per heavy atom. The van der Waals surface area contributed by atoms with Gasteiger partial charge in [0.05, 0.1) is 37.8 Å². The number of hydrogen-bond acceptors (Lipinski definition) is 6. The van der Waals surface area contributed by atoms with E-state index in [1.807, 2.05) is 24.3 Å². The Balaban J connectivity index is 1.99. The van der Waals surface area contributed by atoms with Gasteiger partial charge in [0, 0.05) is 18.5 Å². The molecule has 1 fully saturated rings. The van der Waals surface area contributed by atoms with Crippen LogP contribution in [0.15, 0.2) is 24.3 Å². The van der Waals surface area contributed by atoms with E-state index in [1.165, 1.54) is 7.11 Å². The van der Waals surface area contributed by atoms with Crippen molar-refractivity contribution in [2.24, 2.45) is 0 Å². The first-order valence-corrected chi connectivity index (χ1v) is 7.44. The third kappa shape index (κ3) is 3.25. The molecule has 1 aliphatic rings. The molecular weight excluding hydrogens is 294 g/mol. The number of rotatable bonds is 3. The van der Waals surface area contributed by atoms with Crippen LogP contribution < -0.4 is 4.90 Å². The lowest BCUT2D eigenvalue weighted by atomic mass is 10.1. The summed E-state index contributed by atoms with van der Waals surface area (Å²) in [5, 5.41) is 10.3. The Kier molecular flexibility index (Phi) is 4.40. The molecule has 1 aromatic carbocycles. The molecule has 2 heterocycles. The van der Waals surface area contributed by atoms with Crippen molar-refractivity contribution < 1.29 is 14.3 Å². The molecule has 1 aromatic heterocycles. The monoisotopic (exact) mass is 311 g/mol. The fourth-order valence-electron chi connectivity index (χ4n) is 2.66. The van der Waals surface area contributed by atoms with Crippen LogP contribution in [-0.4, -0.2) is 44.4 Å². The highest BCUT2D eigenvalue weighted by atomic mass is 16.5. The molecule has 0 radical (unpaired) electrons. The van der Waals surface area contributed by atoms with Gasteiger partial charge in [-0.05, 0) is 23.8 Å². The van der Waals surface area contributed by atoms with E-state index in [4.69, 9.17) is 4.74 Å². The van der Waals surface area contributed by atoms with Gasteiger partial charge in [-0.2, -0.15) is 5.26 Å². The first kappa shape index (κ1) is 15.3. The highest BCUT2D eigenvalue weighted by Crippen LogP contribution is 2.25. The molecule has 0 atom stereocenters. The topological polar surface area (TPSA) is 75.4 Å². The van der Waals surface area contributed by atoms with Crippen molar-refractivity contribution in [2.75, 3.05) is 38.3 Å². The molecule has 118 valence electrons. The van der Waals surface area contributed by atoms with Crippen molar-refractivity contribution in [1.82, 2.24) is 4.98 Å². The van der Waals surface area contributed by atoms with Crippen molar-refractivity contribution in [3.63, 3.8) is 0 Å². The van der Waals surface area contributed by atoms with Gasteiger partial charge in [-0.1, -0.05) is 6.07 Å². The Morgan fingerprint density at radius 1 is 1.39 bits per heavy atom. The molecule has 6 heteroatoms. The lowest BCUT2D eigenvalue weighted by molar-refractivity contribution is -0.139. The van der Waals surface area contributed by atoms with E-state index in [-0.39, 0.29) is 12.4 Å². The summed E-state index contributed by atoms with van der Waals surface area (Å²) in [6.07, 6.45) is 0.208. The zero-order chi connectivity index (χ0) is 16.2. The molecule has 0 bridgehead atoms. The predicted octanol–water partition coefficient (Wildman–Crippen LogP) is 1.66. The molecule has 1 aliphatic heterocycles. The number of carbonyl (C=O) groups is 1. The smallest absolute Gasteiger partial charge is 0.309 e. The van der Waals surface area contributed by atoms with Crippen molar-refractivity contribution >= 4 is 22.7 Å². The van der Waals surface area contributed by atoms with Crippen molar-refractivity contribution in [2.45, 2.75) is 6.42 Å². The predicted molar refractivity (Wildman–Crippen MR) is 85.2 cm³/mol. The summed E-state index contributed by atoms with van der Waals surface area (Å²) >= 11 is 0. The van der Waals surface area contributed by atoms with Crippen molar-refractivity contribution in [1.29, 1.82) is 5.26 Å². The van der Waals surface area contributed by atoms with Gasteiger partial charge in [0.15, 0.2) is 0 Å². The van der Waals surface area contributed by atoms with Gasteiger partial charge in [-0.15, -0.1) is 0 Å². The lowest BCUT2D eigenvalue weighted by Gasteiger charge is -2.28. The van der Waals surface area contributed by atoms with Gasteiger partial charge >= 0.3 is 5.97 Å². The molecule has 0 unspecified atom stereocenters. The van der Waals surface area contributed by atoms with Crippen molar-refractivity contribution in [3.05, 3.63) is 35.4 Å². The number of methoxy groups -OCH3 is 1. The number of nitriles is 1. The molecule has 6 nitrogen and oxygen atoms in total. The normalized spacial score (nSPS) is 14.5. The number of aromatic nitrogens is 1. The van der Waals surface area contributed by atoms with Crippen molar-refractivity contribution in [3.8, 4) is 6.07 Å². The largest absolute Gasteiger partial charge is 0.469 e. The third-order valence-corrected chi connectivity index (χ3v) is 3.87. The second-order valence-corrected chi connectivity index (χ2v) is 5.35. The van der Waals surface area contributed by atoms with E-state index in [0.717, 1.165) is 29.6 Å². The van der Waals surface area contributed by atoms with Gasteiger partial charge in [0.25, 0.3) is 0 Å². The Bertz CT molecular complexity index is 776. The van der Waals surface area contributed by atoms with Gasteiger partial charge in [0.1, 0.15) is 11.9 Å². The number of anilines is 1. The zero-order valence-corrected chi connectivity index (χ0v) is 12.9. The number of nitrogens with zero attached hydrogens (tertiary/aromatic N) is 3. The van der Waals surface area contributed by atoms with Crippen LogP contribution in [0.2, 0.25) is 0 Å². The second kappa shape index (κ2) is 6.63. The fraction of sp³-hybridized carbons (Fsp3) is 0.353. The first-order chi connectivity index (χ1) is 11.2. The quantitative estimate of drug-likeness (QED) is 0.803. The van der Waals surface area contributed by atoms with Crippen LogP contribution in [0.3, 0.4) is 0 Å². The fourth-order valence-corrected chi connectivity index (χ4v) is 2.66. The maximum absolute atomic E-state index is 11.4. The van der Waals surface area contributed by atoms with Crippen LogP contribution in [0, 0.1) is 11.3 Å². The minimum absolute atomic E-state index is 0.208. The minimum atomic E-state index is -0.289. The summed E-state index contributed by atoms with van der Waals surface area (Å²) in [6.45, 7) is 2.74. The first-order valence-electron chi connectivity index (χ1n) is 7.44. The number of pyridine rings is 1. The maximum atomic E-state index is 11.4. The summed E-state index contributed by atoms with van der Waals surface area (Å²) in [5.74, 6) is 0.409. The summed E-state index contributed by atoms with van der Waals surface area (Å²) in [6, 6.07) is 9.66. The molecule has 0 saturated carbocycles. The third-order valence-electron chi connectivity index (χ3n) is 3.87. The average Bonchev–Trinajstić information content (AvgIpc) is 2.61. The molecule has 0 spiro atoms. The number of esters is 1. The Hall–Kier alpha value is -2.65. The van der Waals surface area contributed by atoms with Crippen LogP contribution in [0.25, 0.3) is 10.9 Å². The van der Waals surface area contributed by atoms with Crippen LogP contribution >= 0.6 is 0 Å². The molecule has 23 heavy (non-hydrogen) atoms. The molecule has 2 aromatic rings. The van der Waals surface area contributed by atoms with E-state index in [1.54, 1.807) is 0 Å². The van der Waals surface area contributed by atoms with Gasteiger partial charge in [0.2, 0.25) is 0 Å². The van der Waals surface area contributed by atoms with Crippen LogP contribution in [0.1, 0.15) is 11.1 Å². The minimum Gasteiger partial charge on any atom is -0.469 e. The molecular formula is C17H17N3O3. The maximum Gasteiger partial charge on any atom is 0.309 e. The molecule has 3 rings (SSSR count). The van der Waals surface area contributed by atoms with E-state index in [2.05, 4.69) is 20.7 Å². The SMILES string of the molecule is COC(=O)Cc1ccc2nc(N3CCOCC3)c(C#N)cc2c1. The average molecular weight is 311 g/mol. The van der Waals surface area contributed by atoms with Gasteiger partial charge < -0.3 is 14.4 Å². The number of carbonyl (C=O) groups excluding carboxylic acids is 1. The second-order valence-electron chi connectivity index (χ2n) is 5.35. The zero-order valence-electron chi connectivity index (χ0n) is 12.9. The van der Waals surface area contributed by atoms with E-state index < -0.39 is 0 Å². The van der Waals surface area contributed by atoms with Crippen LogP contribution in [0.5, 0.6) is 0 Å². The summed E-state index contributed by atoms with van der Waals surface area (Å²) in [5.41, 5.74) is 2.18. The lowest BCUT2D eigenvalue weighted by Crippen LogP contribution is -2.37.